The Labute approximate surface area is 117 Å². The first-order chi connectivity index (χ1) is 9.04. The Hall–Kier alpha value is -0.920. The third-order valence-electron chi connectivity index (χ3n) is 3.22. The molecule has 0 bridgehead atoms. The average Bonchev–Trinajstić information content (AvgIpc) is 2.81. The summed E-state index contributed by atoms with van der Waals surface area (Å²) in [5.74, 6) is -0.130. The van der Waals surface area contributed by atoms with Crippen LogP contribution in [-0.2, 0) is 19.4 Å². The Morgan fingerprint density at radius 3 is 2.95 bits per heavy atom. The molecule has 1 unspecified atom stereocenters. The van der Waals surface area contributed by atoms with Crippen LogP contribution in [0.25, 0.3) is 0 Å². The van der Waals surface area contributed by atoms with E-state index in [0.29, 0.717) is 13.0 Å². The number of hydrogen-bond acceptors (Lipinski definition) is 5. The van der Waals surface area contributed by atoms with Crippen molar-refractivity contribution < 1.29 is 17.9 Å². The average molecular weight is 303 g/mol. The van der Waals surface area contributed by atoms with E-state index >= 15 is 0 Å². The van der Waals surface area contributed by atoms with Crippen LogP contribution in [0.1, 0.15) is 16.5 Å². The van der Waals surface area contributed by atoms with E-state index in [0.717, 1.165) is 4.88 Å². The van der Waals surface area contributed by atoms with Crippen LogP contribution in [0.2, 0.25) is 0 Å². The van der Waals surface area contributed by atoms with Crippen molar-refractivity contribution in [1.29, 1.82) is 0 Å². The summed E-state index contributed by atoms with van der Waals surface area (Å²) in [5.41, 5.74) is 0. The minimum atomic E-state index is -3.19. The van der Waals surface area contributed by atoms with Crippen molar-refractivity contribution in [2.45, 2.75) is 11.7 Å². The fourth-order valence-electron chi connectivity index (χ4n) is 2.20. The zero-order valence-electron chi connectivity index (χ0n) is 10.7. The van der Waals surface area contributed by atoms with E-state index in [2.05, 4.69) is 0 Å². The summed E-state index contributed by atoms with van der Waals surface area (Å²) in [5, 5.41) is 1.40. The molecule has 1 fully saturated rings. The van der Waals surface area contributed by atoms with Crippen molar-refractivity contribution in [3.63, 3.8) is 0 Å². The highest BCUT2D eigenvalue weighted by atomic mass is 32.2. The Morgan fingerprint density at radius 1 is 1.53 bits per heavy atom. The van der Waals surface area contributed by atoms with Gasteiger partial charge in [-0.05, 0) is 17.9 Å². The fourth-order valence-corrected chi connectivity index (χ4v) is 5.21. The van der Waals surface area contributed by atoms with Gasteiger partial charge in [0.25, 0.3) is 0 Å². The summed E-state index contributed by atoms with van der Waals surface area (Å²) in [6.45, 7) is 0.722. The van der Waals surface area contributed by atoms with Gasteiger partial charge in [-0.2, -0.15) is 0 Å². The molecule has 0 spiro atoms. The summed E-state index contributed by atoms with van der Waals surface area (Å²) >= 11 is 1.45. The molecule has 1 atom stereocenters. The second kappa shape index (κ2) is 6.02. The van der Waals surface area contributed by atoms with Gasteiger partial charge < -0.3 is 9.64 Å². The Balaban J connectivity index is 2.15. The number of methoxy groups -OCH3 is 1. The lowest BCUT2D eigenvalue weighted by atomic mass is 10.2. The van der Waals surface area contributed by atoms with Crippen molar-refractivity contribution in [1.82, 2.24) is 4.90 Å². The summed E-state index contributed by atoms with van der Waals surface area (Å²) in [7, 11) is -1.73. The lowest BCUT2D eigenvalue weighted by Gasteiger charge is -2.19. The van der Waals surface area contributed by atoms with E-state index in [1.807, 2.05) is 17.5 Å². The van der Waals surface area contributed by atoms with E-state index in [4.69, 9.17) is 4.74 Å². The van der Waals surface area contributed by atoms with Crippen molar-refractivity contribution in [2.24, 2.45) is 0 Å². The number of thiophene rings is 1. The van der Waals surface area contributed by atoms with Crippen molar-refractivity contribution in [3.05, 3.63) is 22.4 Å². The molecule has 1 aromatic heterocycles. The van der Waals surface area contributed by atoms with Crippen LogP contribution >= 0.6 is 11.3 Å². The maximum atomic E-state index is 12.3. The van der Waals surface area contributed by atoms with Crippen LogP contribution < -0.4 is 0 Å². The zero-order chi connectivity index (χ0) is 13.9. The van der Waals surface area contributed by atoms with Gasteiger partial charge in [0.05, 0.1) is 11.0 Å². The molecule has 1 saturated heterocycles. The molecule has 0 aromatic carbocycles. The lowest BCUT2D eigenvalue weighted by Crippen LogP contribution is -2.36. The van der Waals surface area contributed by atoms with E-state index in [1.165, 1.54) is 18.4 Å². The Morgan fingerprint density at radius 2 is 2.32 bits per heavy atom. The SMILES string of the molecule is COCC(=O)N1CCC(c2cccs2)S(=O)(=O)CC1. The van der Waals surface area contributed by atoms with Gasteiger partial charge in [-0.15, -0.1) is 11.3 Å². The maximum absolute atomic E-state index is 12.3. The number of carbonyl (C=O) groups is 1. The van der Waals surface area contributed by atoms with Crippen molar-refractivity contribution >= 4 is 27.1 Å². The first-order valence-corrected chi connectivity index (χ1v) is 8.66. The lowest BCUT2D eigenvalue weighted by molar-refractivity contribution is -0.134. The van der Waals surface area contributed by atoms with Gasteiger partial charge in [-0.3, -0.25) is 4.79 Å². The molecule has 1 aliphatic heterocycles. The second-order valence-corrected chi connectivity index (χ2v) is 7.76. The fraction of sp³-hybridized carbons (Fsp3) is 0.583. The molecule has 0 saturated carbocycles. The highest BCUT2D eigenvalue weighted by Crippen LogP contribution is 2.32. The van der Waals surface area contributed by atoms with E-state index < -0.39 is 15.1 Å². The molecule has 2 rings (SSSR count). The van der Waals surface area contributed by atoms with Crippen LogP contribution in [0.15, 0.2) is 17.5 Å². The van der Waals surface area contributed by atoms with Crippen molar-refractivity contribution in [2.75, 3.05) is 32.6 Å². The number of hydrogen-bond donors (Lipinski definition) is 0. The molecule has 0 radical (unpaired) electrons. The summed E-state index contributed by atoms with van der Waals surface area (Å²) < 4.78 is 29.3. The highest BCUT2D eigenvalue weighted by Gasteiger charge is 2.33. The molecule has 2 heterocycles. The van der Waals surface area contributed by atoms with Gasteiger partial charge in [-0.25, -0.2) is 8.42 Å². The summed E-state index contributed by atoms with van der Waals surface area (Å²) in [4.78, 5) is 14.2. The van der Waals surface area contributed by atoms with Gasteiger partial charge in [-0.1, -0.05) is 6.07 Å². The third kappa shape index (κ3) is 3.34. The third-order valence-corrected chi connectivity index (χ3v) is 6.46. The molecule has 1 amide bonds. The summed E-state index contributed by atoms with van der Waals surface area (Å²) in [6.07, 6.45) is 0.457. The van der Waals surface area contributed by atoms with Gasteiger partial charge >= 0.3 is 0 Å². The molecule has 1 aliphatic rings. The Kier molecular flexibility index (Phi) is 4.59. The van der Waals surface area contributed by atoms with E-state index in [9.17, 15) is 13.2 Å². The first-order valence-electron chi connectivity index (χ1n) is 6.06. The predicted molar refractivity (Wildman–Crippen MR) is 73.9 cm³/mol. The molecular formula is C12H17NO4S2. The monoisotopic (exact) mass is 303 g/mol. The van der Waals surface area contributed by atoms with Crippen LogP contribution in [0, 0.1) is 0 Å². The van der Waals surface area contributed by atoms with Crippen LogP contribution in [0.3, 0.4) is 0 Å². The molecule has 0 aliphatic carbocycles. The molecule has 7 heteroatoms. The number of rotatable bonds is 3. The molecular weight excluding hydrogens is 286 g/mol. The minimum absolute atomic E-state index is 0.00369. The molecule has 19 heavy (non-hydrogen) atoms. The van der Waals surface area contributed by atoms with Crippen LogP contribution in [0.4, 0.5) is 0 Å². The smallest absolute Gasteiger partial charge is 0.248 e. The van der Waals surface area contributed by atoms with E-state index in [1.54, 1.807) is 4.90 Å². The number of ether oxygens (including phenoxy) is 1. The molecule has 106 valence electrons. The van der Waals surface area contributed by atoms with E-state index in [-0.39, 0.29) is 24.8 Å². The molecule has 1 aromatic rings. The number of amides is 1. The molecule has 5 nitrogen and oxygen atoms in total. The number of carbonyl (C=O) groups excluding carboxylic acids is 1. The van der Waals surface area contributed by atoms with Crippen LogP contribution in [-0.4, -0.2) is 51.8 Å². The number of nitrogens with zero attached hydrogens (tertiary/aromatic N) is 1. The molecule has 0 N–H and O–H groups in total. The minimum Gasteiger partial charge on any atom is -0.375 e. The van der Waals surface area contributed by atoms with Crippen molar-refractivity contribution in [3.8, 4) is 0 Å². The highest BCUT2D eigenvalue weighted by molar-refractivity contribution is 7.91. The van der Waals surface area contributed by atoms with Gasteiger partial charge in [0.2, 0.25) is 5.91 Å². The predicted octanol–water partition coefficient (Wildman–Crippen LogP) is 1.08. The first kappa shape index (κ1) is 14.5. The summed E-state index contributed by atoms with van der Waals surface area (Å²) in [6, 6.07) is 3.70. The van der Waals surface area contributed by atoms with Gasteiger partial charge in [0, 0.05) is 25.1 Å². The normalized spacial score (nSPS) is 23.0. The zero-order valence-corrected chi connectivity index (χ0v) is 12.4. The maximum Gasteiger partial charge on any atom is 0.248 e. The quantitative estimate of drug-likeness (QED) is 0.838. The Bertz CT molecular complexity index is 524. The number of sulfone groups is 1. The topological polar surface area (TPSA) is 63.7 Å². The van der Waals surface area contributed by atoms with Gasteiger partial charge in [0.1, 0.15) is 6.61 Å². The van der Waals surface area contributed by atoms with Gasteiger partial charge in [0.15, 0.2) is 9.84 Å². The second-order valence-electron chi connectivity index (χ2n) is 4.47. The largest absolute Gasteiger partial charge is 0.375 e. The van der Waals surface area contributed by atoms with Crippen LogP contribution in [0.5, 0.6) is 0 Å². The standard InChI is InChI=1S/C12H17NO4S2/c1-17-9-12(14)13-5-4-11(10-3-2-7-18-10)19(15,16)8-6-13/h2-3,7,11H,4-6,8-9H2,1H3.